The van der Waals surface area contributed by atoms with Gasteiger partial charge in [0.05, 0.1) is 0 Å². The summed E-state index contributed by atoms with van der Waals surface area (Å²) in [7, 11) is 2.34. The first kappa shape index (κ1) is 14.7. The van der Waals surface area contributed by atoms with Crippen LogP contribution < -0.4 is 5.73 Å². The van der Waals surface area contributed by atoms with Gasteiger partial charge in [0.25, 0.3) is 0 Å². The van der Waals surface area contributed by atoms with Crippen molar-refractivity contribution in [3.8, 4) is 0 Å². The molecule has 2 rings (SSSR count). The minimum atomic E-state index is 0.206. The zero-order valence-electron chi connectivity index (χ0n) is 12.4. The summed E-state index contributed by atoms with van der Waals surface area (Å²) in [6.45, 7) is 5.66. The first-order valence-electron chi connectivity index (χ1n) is 7.54. The maximum atomic E-state index is 6.27. The van der Waals surface area contributed by atoms with Gasteiger partial charge in [-0.05, 0) is 37.5 Å². The van der Waals surface area contributed by atoms with Crippen LogP contribution in [0.2, 0.25) is 0 Å². The number of hydrogen-bond acceptors (Lipinski definition) is 3. The van der Waals surface area contributed by atoms with Crippen LogP contribution in [0.3, 0.4) is 0 Å². The quantitative estimate of drug-likeness (QED) is 0.854. The van der Waals surface area contributed by atoms with Gasteiger partial charge in [-0.2, -0.15) is 11.8 Å². The van der Waals surface area contributed by atoms with Crippen molar-refractivity contribution in [1.82, 2.24) is 4.90 Å². The number of rotatable bonds is 3. The van der Waals surface area contributed by atoms with E-state index in [1.54, 1.807) is 0 Å². The van der Waals surface area contributed by atoms with Gasteiger partial charge in [-0.3, -0.25) is 4.90 Å². The molecule has 1 aliphatic heterocycles. The SMILES string of the molecule is CN(C1CCCCC1)C1(CN)CSCCC1(C)C. The Morgan fingerprint density at radius 1 is 1.22 bits per heavy atom. The molecule has 2 fully saturated rings. The highest BCUT2D eigenvalue weighted by Crippen LogP contribution is 2.46. The highest BCUT2D eigenvalue weighted by molar-refractivity contribution is 7.99. The lowest BCUT2D eigenvalue weighted by molar-refractivity contribution is -0.0183. The van der Waals surface area contributed by atoms with Crippen LogP contribution in [0.15, 0.2) is 0 Å². The van der Waals surface area contributed by atoms with Crippen molar-refractivity contribution in [2.24, 2.45) is 11.1 Å². The van der Waals surface area contributed by atoms with Gasteiger partial charge in [-0.25, -0.2) is 0 Å². The molecule has 0 aromatic heterocycles. The Labute approximate surface area is 117 Å². The van der Waals surface area contributed by atoms with E-state index in [1.165, 1.54) is 50.0 Å². The van der Waals surface area contributed by atoms with Crippen LogP contribution >= 0.6 is 11.8 Å². The third-order valence-corrected chi connectivity index (χ3v) is 6.78. The maximum absolute atomic E-state index is 6.27. The molecule has 2 N–H and O–H groups in total. The monoisotopic (exact) mass is 270 g/mol. The molecule has 0 radical (unpaired) electrons. The largest absolute Gasteiger partial charge is 0.329 e. The van der Waals surface area contributed by atoms with E-state index in [1.807, 2.05) is 0 Å². The minimum absolute atomic E-state index is 0.206. The Kier molecular flexibility index (Phi) is 4.66. The Hall–Kier alpha value is 0.270. The van der Waals surface area contributed by atoms with E-state index in [0.29, 0.717) is 5.41 Å². The van der Waals surface area contributed by atoms with E-state index in [2.05, 4.69) is 37.6 Å². The van der Waals surface area contributed by atoms with Crippen LogP contribution in [-0.4, -0.2) is 41.6 Å². The molecule has 0 aromatic rings. The second-order valence-corrected chi connectivity index (χ2v) is 7.93. The average Bonchev–Trinajstić information content (AvgIpc) is 2.39. The van der Waals surface area contributed by atoms with E-state index in [0.717, 1.165) is 12.6 Å². The molecule has 1 unspecified atom stereocenters. The predicted molar refractivity (Wildman–Crippen MR) is 82.1 cm³/mol. The molecule has 0 aromatic carbocycles. The highest BCUT2D eigenvalue weighted by Gasteiger charge is 2.50. The number of nitrogens with two attached hydrogens (primary N) is 1. The molecule has 0 spiro atoms. The topological polar surface area (TPSA) is 29.3 Å². The molecule has 0 amide bonds. The lowest BCUT2D eigenvalue weighted by atomic mass is 9.69. The molecule has 18 heavy (non-hydrogen) atoms. The number of thioether (sulfide) groups is 1. The number of likely N-dealkylation sites (N-methyl/N-ethyl adjacent to an activating group) is 1. The Morgan fingerprint density at radius 2 is 1.89 bits per heavy atom. The van der Waals surface area contributed by atoms with Crippen molar-refractivity contribution < 1.29 is 0 Å². The van der Waals surface area contributed by atoms with Crippen LogP contribution in [0.25, 0.3) is 0 Å². The summed E-state index contributed by atoms with van der Waals surface area (Å²) in [6, 6.07) is 0.764. The van der Waals surface area contributed by atoms with Crippen molar-refractivity contribution in [3.63, 3.8) is 0 Å². The molecule has 2 aliphatic rings. The van der Waals surface area contributed by atoms with Gasteiger partial charge in [-0.15, -0.1) is 0 Å². The fourth-order valence-corrected chi connectivity index (χ4v) is 5.72. The van der Waals surface area contributed by atoms with Crippen molar-refractivity contribution in [1.29, 1.82) is 0 Å². The first-order valence-corrected chi connectivity index (χ1v) is 8.70. The predicted octanol–water partition coefficient (Wildman–Crippen LogP) is 3.11. The van der Waals surface area contributed by atoms with Crippen molar-refractivity contribution in [3.05, 3.63) is 0 Å². The van der Waals surface area contributed by atoms with Crippen LogP contribution in [0, 0.1) is 5.41 Å². The van der Waals surface area contributed by atoms with E-state index in [4.69, 9.17) is 5.73 Å². The molecule has 1 heterocycles. The smallest absolute Gasteiger partial charge is 0.0472 e. The maximum Gasteiger partial charge on any atom is 0.0472 e. The van der Waals surface area contributed by atoms with Gasteiger partial charge in [0.2, 0.25) is 0 Å². The molecule has 1 atom stereocenters. The summed E-state index contributed by atoms with van der Waals surface area (Å²) in [5.74, 6) is 2.51. The van der Waals surface area contributed by atoms with Crippen molar-refractivity contribution in [2.75, 3.05) is 25.1 Å². The van der Waals surface area contributed by atoms with Crippen molar-refractivity contribution >= 4 is 11.8 Å². The Morgan fingerprint density at radius 3 is 2.44 bits per heavy atom. The molecule has 0 bridgehead atoms. The number of hydrogen-bond donors (Lipinski definition) is 1. The van der Waals surface area contributed by atoms with E-state index in [-0.39, 0.29) is 5.54 Å². The van der Waals surface area contributed by atoms with E-state index in [9.17, 15) is 0 Å². The fraction of sp³-hybridized carbons (Fsp3) is 1.00. The van der Waals surface area contributed by atoms with Gasteiger partial charge < -0.3 is 5.73 Å². The summed E-state index contributed by atoms with van der Waals surface area (Å²) < 4.78 is 0. The second kappa shape index (κ2) is 5.72. The van der Waals surface area contributed by atoms with Crippen molar-refractivity contribution in [2.45, 2.75) is 64.0 Å². The summed E-state index contributed by atoms with van der Waals surface area (Å²) in [5, 5.41) is 0. The molecular formula is C15H30N2S. The zero-order valence-corrected chi connectivity index (χ0v) is 13.2. The second-order valence-electron chi connectivity index (χ2n) is 6.82. The van der Waals surface area contributed by atoms with Gasteiger partial charge in [0.1, 0.15) is 0 Å². The van der Waals surface area contributed by atoms with Crippen LogP contribution in [-0.2, 0) is 0 Å². The summed E-state index contributed by atoms with van der Waals surface area (Å²) in [6.07, 6.45) is 8.29. The molecule has 3 heteroatoms. The summed E-state index contributed by atoms with van der Waals surface area (Å²) in [5.41, 5.74) is 6.82. The van der Waals surface area contributed by atoms with Crippen LogP contribution in [0.1, 0.15) is 52.4 Å². The van der Waals surface area contributed by atoms with Gasteiger partial charge >= 0.3 is 0 Å². The third-order valence-electron chi connectivity index (χ3n) is 5.61. The lowest BCUT2D eigenvalue weighted by Gasteiger charge is -2.57. The van der Waals surface area contributed by atoms with Gasteiger partial charge in [0, 0.05) is 23.9 Å². The average molecular weight is 270 g/mol. The van der Waals surface area contributed by atoms with Crippen LogP contribution in [0.5, 0.6) is 0 Å². The summed E-state index contributed by atoms with van der Waals surface area (Å²) in [4.78, 5) is 2.68. The molecule has 1 saturated carbocycles. The van der Waals surface area contributed by atoms with Crippen LogP contribution in [0.4, 0.5) is 0 Å². The molecule has 2 nitrogen and oxygen atoms in total. The lowest BCUT2D eigenvalue weighted by Crippen LogP contribution is -2.67. The normalized spacial score (nSPS) is 33.8. The molecule has 1 aliphatic carbocycles. The third kappa shape index (κ3) is 2.46. The number of nitrogens with zero attached hydrogens (tertiary/aromatic N) is 1. The standard InChI is InChI=1S/C15H30N2S/c1-14(2)9-10-18-12-15(14,11-16)17(3)13-7-5-4-6-8-13/h13H,4-12,16H2,1-3H3. The Bertz CT molecular complexity index is 274. The highest BCUT2D eigenvalue weighted by atomic mass is 32.2. The fourth-order valence-electron chi connectivity index (χ4n) is 3.87. The summed E-state index contributed by atoms with van der Waals surface area (Å²) >= 11 is 2.10. The first-order chi connectivity index (χ1) is 8.53. The van der Waals surface area contributed by atoms with Gasteiger partial charge in [-0.1, -0.05) is 33.1 Å². The molecular weight excluding hydrogens is 240 g/mol. The molecule has 1 saturated heterocycles. The minimum Gasteiger partial charge on any atom is -0.329 e. The molecule has 106 valence electrons. The van der Waals surface area contributed by atoms with Gasteiger partial charge in [0.15, 0.2) is 0 Å². The zero-order chi connectivity index (χ0) is 13.2. The Balaban J connectivity index is 2.18. The van der Waals surface area contributed by atoms with E-state index >= 15 is 0 Å². The van der Waals surface area contributed by atoms with E-state index < -0.39 is 0 Å².